The summed E-state index contributed by atoms with van der Waals surface area (Å²) in [5, 5.41) is 3.00. The van der Waals surface area contributed by atoms with Crippen molar-refractivity contribution in [3.63, 3.8) is 0 Å². The van der Waals surface area contributed by atoms with Crippen LogP contribution in [0.2, 0.25) is 0 Å². The molecule has 1 amide bonds. The summed E-state index contributed by atoms with van der Waals surface area (Å²) >= 11 is 0. The fourth-order valence-corrected chi connectivity index (χ4v) is 2.60. The summed E-state index contributed by atoms with van der Waals surface area (Å²) in [6, 6.07) is 7.47. The first-order valence-corrected chi connectivity index (χ1v) is 7.53. The standard InChI is InChI=1S/C16H24N2O2/c17-11-12-20-15-9-7-14(8-10-15)18-16(19)13-5-3-1-2-4-6-13/h7-10,13H,1-6,11-12,17H2,(H,18,19). The first-order valence-electron chi connectivity index (χ1n) is 7.53. The van der Waals surface area contributed by atoms with Crippen molar-refractivity contribution in [2.75, 3.05) is 18.5 Å². The van der Waals surface area contributed by atoms with Crippen molar-refractivity contribution < 1.29 is 9.53 Å². The summed E-state index contributed by atoms with van der Waals surface area (Å²) in [4.78, 5) is 12.2. The summed E-state index contributed by atoms with van der Waals surface area (Å²) in [5.41, 5.74) is 6.22. The Bertz CT molecular complexity index is 409. The molecule has 110 valence electrons. The Morgan fingerprint density at radius 1 is 1.15 bits per heavy atom. The average molecular weight is 276 g/mol. The van der Waals surface area contributed by atoms with Gasteiger partial charge in [0.25, 0.3) is 0 Å². The van der Waals surface area contributed by atoms with Gasteiger partial charge in [0.15, 0.2) is 0 Å². The molecular formula is C16H24N2O2. The molecule has 0 aromatic heterocycles. The molecular weight excluding hydrogens is 252 g/mol. The third kappa shape index (κ3) is 4.53. The minimum absolute atomic E-state index is 0.155. The Balaban J connectivity index is 1.86. The molecule has 3 N–H and O–H groups in total. The van der Waals surface area contributed by atoms with Gasteiger partial charge in [-0.2, -0.15) is 0 Å². The number of rotatable bonds is 5. The van der Waals surface area contributed by atoms with Crippen molar-refractivity contribution >= 4 is 11.6 Å². The van der Waals surface area contributed by atoms with E-state index in [2.05, 4.69) is 5.32 Å². The number of hydrogen-bond acceptors (Lipinski definition) is 3. The van der Waals surface area contributed by atoms with Gasteiger partial charge in [-0.15, -0.1) is 0 Å². The lowest BCUT2D eigenvalue weighted by atomic mass is 9.99. The van der Waals surface area contributed by atoms with Crippen LogP contribution in [-0.4, -0.2) is 19.1 Å². The molecule has 2 rings (SSSR count). The van der Waals surface area contributed by atoms with Crippen molar-refractivity contribution in [1.29, 1.82) is 0 Å². The smallest absolute Gasteiger partial charge is 0.227 e. The lowest BCUT2D eigenvalue weighted by Crippen LogP contribution is -2.22. The predicted octanol–water partition coefficient (Wildman–Crippen LogP) is 2.93. The number of carbonyl (C=O) groups is 1. The van der Waals surface area contributed by atoms with Gasteiger partial charge in [0, 0.05) is 18.2 Å². The van der Waals surface area contributed by atoms with E-state index in [1.165, 1.54) is 25.7 Å². The summed E-state index contributed by atoms with van der Waals surface area (Å²) < 4.78 is 5.41. The van der Waals surface area contributed by atoms with E-state index in [4.69, 9.17) is 10.5 Å². The normalized spacial score (nSPS) is 16.4. The van der Waals surface area contributed by atoms with Gasteiger partial charge in [0.2, 0.25) is 5.91 Å². The zero-order chi connectivity index (χ0) is 14.2. The second-order valence-electron chi connectivity index (χ2n) is 5.34. The number of anilines is 1. The maximum atomic E-state index is 12.2. The third-order valence-electron chi connectivity index (χ3n) is 3.73. The Morgan fingerprint density at radius 3 is 2.40 bits per heavy atom. The second kappa shape index (κ2) is 7.90. The molecule has 1 aromatic rings. The van der Waals surface area contributed by atoms with Gasteiger partial charge in [-0.25, -0.2) is 0 Å². The van der Waals surface area contributed by atoms with Gasteiger partial charge in [-0.1, -0.05) is 25.7 Å². The molecule has 4 heteroatoms. The molecule has 20 heavy (non-hydrogen) atoms. The van der Waals surface area contributed by atoms with Crippen molar-refractivity contribution in [3.05, 3.63) is 24.3 Å². The molecule has 0 spiro atoms. The molecule has 0 bridgehead atoms. The van der Waals surface area contributed by atoms with Gasteiger partial charge in [0.05, 0.1) is 0 Å². The highest BCUT2D eigenvalue weighted by Crippen LogP contribution is 2.24. The van der Waals surface area contributed by atoms with E-state index in [-0.39, 0.29) is 11.8 Å². The van der Waals surface area contributed by atoms with Gasteiger partial charge in [-0.05, 0) is 37.1 Å². The van der Waals surface area contributed by atoms with Crippen LogP contribution in [-0.2, 0) is 4.79 Å². The molecule has 0 aliphatic heterocycles. The lowest BCUT2D eigenvalue weighted by Gasteiger charge is -2.14. The van der Waals surface area contributed by atoms with Crippen LogP contribution in [0.5, 0.6) is 5.75 Å². The number of nitrogens with two attached hydrogens (primary N) is 1. The van der Waals surface area contributed by atoms with Crippen LogP contribution < -0.4 is 15.8 Å². The van der Waals surface area contributed by atoms with Crippen molar-refractivity contribution in [1.82, 2.24) is 0 Å². The van der Waals surface area contributed by atoms with Crippen LogP contribution in [0.3, 0.4) is 0 Å². The number of carbonyl (C=O) groups excluding carboxylic acids is 1. The number of amides is 1. The first kappa shape index (κ1) is 14.9. The topological polar surface area (TPSA) is 64.3 Å². The SMILES string of the molecule is NCCOc1ccc(NC(=O)C2CCCCCC2)cc1. The first-order chi connectivity index (χ1) is 9.79. The van der Waals surface area contributed by atoms with Crippen molar-refractivity contribution in [2.24, 2.45) is 11.7 Å². The van der Waals surface area contributed by atoms with E-state index in [1.54, 1.807) is 0 Å². The van der Waals surface area contributed by atoms with E-state index < -0.39 is 0 Å². The van der Waals surface area contributed by atoms with Gasteiger partial charge >= 0.3 is 0 Å². The van der Waals surface area contributed by atoms with Gasteiger partial charge in [-0.3, -0.25) is 4.79 Å². The summed E-state index contributed by atoms with van der Waals surface area (Å²) in [7, 11) is 0. The van der Waals surface area contributed by atoms with E-state index >= 15 is 0 Å². The van der Waals surface area contributed by atoms with E-state index in [1.807, 2.05) is 24.3 Å². The van der Waals surface area contributed by atoms with Gasteiger partial charge < -0.3 is 15.8 Å². The van der Waals surface area contributed by atoms with Crippen molar-refractivity contribution in [2.45, 2.75) is 38.5 Å². The number of hydrogen-bond donors (Lipinski definition) is 2. The van der Waals surface area contributed by atoms with Crippen molar-refractivity contribution in [3.8, 4) is 5.75 Å². The Labute approximate surface area is 120 Å². The van der Waals surface area contributed by atoms with Crippen LogP contribution in [0.4, 0.5) is 5.69 Å². The Kier molecular flexibility index (Phi) is 5.87. The minimum Gasteiger partial charge on any atom is -0.492 e. The summed E-state index contributed by atoms with van der Waals surface area (Å²) in [6.07, 6.45) is 6.90. The molecule has 1 aliphatic rings. The molecule has 1 fully saturated rings. The highest BCUT2D eigenvalue weighted by atomic mass is 16.5. The molecule has 0 radical (unpaired) electrons. The highest BCUT2D eigenvalue weighted by molar-refractivity contribution is 5.92. The largest absolute Gasteiger partial charge is 0.492 e. The number of nitrogens with one attached hydrogen (secondary N) is 1. The van der Waals surface area contributed by atoms with E-state index in [0.29, 0.717) is 13.2 Å². The monoisotopic (exact) mass is 276 g/mol. The van der Waals surface area contributed by atoms with Crippen LogP contribution in [0.1, 0.15) is 38.5 Å². The fourth-order valence-electron chi connectivity index (χ4n) is 2.60. The van der Waals surface area contributed by atoms with Crippen LogP contribution in [0.15, 0.2) is 24.3 Å². The molecule has 1 saturated carbocycles. The maximum Gasteiger partial charge on any atom is 0.227 e. The van der Waals surface area contributed by atoms with Crippen LogP contribution in [0, 0.1) is 5.92 Å². The second-order valence-corrected chi connectivity index (χ2v) is 5.34. The molecule has 1 aromatic carbocycles. The predicted molar refractivity (Wildman–Crippen MR) is 80.8 cm³/mol. The molecule has 0 saturated heterocycles. The molecule has 0 atom stereocenters. The molecule has 0 unspecified atom stereocenters. The number of ether oxygens (including phenoxy) is 1. The highest BCUT2D eigenvalue weighted by Gasteiger charge is 2.19. The minimum atomic E-state index is 0.155. The van der Waals surface area contributed by atoms with E-state index in [0.717, 1.165) is 24.3 Å². The average Bonchev–Trinajstić information content (AvgIpc) is 2.75. The lowest BCUT2D eigenvalue weighted by molar-refractivity contribution is -0.120. The maximum absolute atomic E-state index is 12.2. The molecule has 1 aliphatic carbocycles. The number of benzene rings is 1. The summed E-state index contributed by atoms with van der Waals surface area (Å²) in [6.45, 7) is 1.01. The Hall–Kier alpha value is -1.55. The van der Waals surface area contributed by atoms with Crippen LogP contribution in [0.25, 0.3) is 0 Å². The van der Waals surface area contributed by atoms with E-state index in [9.17, 15) is 4.79 Å². The van der Waals surface area contributed by atoms with Gasteiger partial charge in [0.1, 0.15) is 12.4 Å². The zero-order valence-corrected chi connectivity index (χ0v) is 11.9. The fraction of sp³-hybridized carbons (Fsp3) is 0.562. The van der Waals surface area contributed by atoms with Crippen LogP contribution >= 0.6 is 0 Å². The molecule has 4 nitrogen and oxygen atoms in total. The Morgan fingerprint density at radius 2 is 1.80 bits per heavy atom. The zero-order valence-electron chi connectivity index (χ0n) is 11.9. The summed E-state index contributed by atoms with van der Waals surface area (Å²) in [5.74, 6) is 1.11. The molecule has 0 heterocycles. The third-order valence-corrected chi connectivity index (χ3v) is 3.73. The quantitative estimate of drug-likeness (QED) is 0.813.